The van der Waals surface area contributed by atoms with Crippen LogP contribution in [-0.4, -0.2) is 9.78 Å². The van der Waals surface area contributed by atoms with Gasteiger partial charge in [-0.25, -0.2) is 0 Å². The van der Waals surface area contributed by atoms with Crippen LogP contribution in [-0.2, 0) is 6.42 Å². The second-order valence-electron chi connectivity index (χ2n) is 4.58. The molecule has 0 aliphatic rings. The van der Waals surface area contributed by atoms with Gasteiger partial charge in [0.2, 0.25) is 0 Å². The summed E-state index contributed by atoms with van der Waals surface area (Å²) in [6.07, 6.45) is 2.66. The maximum Gasteiger partial charge on any atom is 0.0492 e. The maximum atomic E-state index is 6.21. The second kappa shape index (κ2) is 5.15. The first-order valence-corrected chi connectivity index (χ1v) is 6.01. The first-order valence-electron chi connectivity index (χ1n) is 6.01. The third-order valence-electron chi connectivity index (χ3n) is 2.90. The molecule has 1 atom stereocenters. The zero-order chi connectivity index (χ0) is 12.3. The van der Waals surface area contributed by atoms with E-state index in [4.69, 9.17) is 5.73 Å². The third kappa shape index (κ3) is 2.74. The van der Waals surface area contributed by atoms with Crippen molar-refractivity contribution < 1.29 is 0 Å². The summed E-state index contributed by atoms with van der Waals surface area (Å²) in [6, 6.07) is 12.6. The van der Waals surface area contributed by atoms with Crippen molar-refractivity contribution in [3.05, 3.63) is 53.9 Å². The molecule has 90 valence electrons. The number of benzene rings is 1. The zero-order valence-corrected chi connectivity index (χ0v) is 10.4. The summed E-state index contributed by atoms with van der Waals surface area (Å²) < 4.78 is 2.03. The largest absolute Gasteiger partial charge is 0.324 e. The van der Waals surface area contributed by atoms with Gasteiger partial charge in [-0.15, -0.1) is 0 Å². The van der Waals surface area contributed by atoms with Crippen LogP contribution in [0.4, 0.5) is 0 Å². The van der Waals surface area contributed by atoms with E-state index in [2.05, 4.69) is 31.1 Å². The fraction of sp³-hybridized carbons (Fsp3) is 0.357. The lowest BCUT2D eigenvalue weighted by molar-refractivity contribution is 0.498. The van der Waals surface area contributed by atoms with Gasteiger partial charge in [0.15, 0.2) is 0 Å². The van der Waals surface area contributed by atoms with Crippen molar-refractivity contribution >= 4 is 0 Å². The number of nitrogens with zero attached hydrogens (tertiary/aromatic N) is 2. The molecule has 2 rings (SSSR count). The lowest BCUT2D eigenvalue weighted by atomic mass is 10.0. The molecule has 2 N–H and O–H groups in total. The van der Waals surface area contributed by atoms with E-state index in [1.165, 1.54) is 11.3 Å². The van der Waals surface area contributed by atoms with Crippen LogP contribution in [0.3, 0.4) is 0 Å². The molecule has 0 bridgehead atoms. The smallest absolute Gasteiger partial charge is 0.0492 e. The van der Waals surface area contributed by atoms with Crippen molar-refractivity contribution in [2.75, 3.05) is 0 Å². The Kier molecular flexibility index (Phi) is 3.59. The Labute approximate surface area is 102 Å². The molecule has 1 aromatic carbocycles. The van der Waals surface area contributed by atoms with Crippen LogP contribution in [0, 0.1) is 0 Å². The molecule has 1 unspecified atom stereocenters. The molecule has 0 spiro atoms. The highest BCUT2D eigenvalue weighted by molar-refractivity contribution is 5.20. The van der Waals surface area contributed by atoms with Gasteiger partial charge in [0.05, 0.1) is 0 Å². The number of hydrogen-bond acceptors (Lipinski definition) is 2. The average molecular weight is 229 g/mol. The van der Waals surface area contributed by atoms with Gasteiger partial charge in [0.1, 0.15) is 0 Å². The number of aromatic nitrogens is 2. The van der Waals surface area contributed by atoms with Gasteiger partial charge in [-0.05, 0) is 25.5 Å². The lowest BCUT2D eigenvalue weighted by Crippen LogP contribution is -2.17. The van der Waals surface area contributed by atoms with E-state index in [1.54, 1.807) is 0 Å². The van der Waals surface area contributed by atoms with Gasteiger partial charge < -0.3 is 5.73 Å². The van der Waals surface area contributed by atoms with Gasteiger partial charge in [0.25, 0.3) is 0 Å². The van der Waals surface area contributed by atoms with Crippen LogP contribution < -0.4 is 5.73 Å². The van der Waals surface area contributed by atoms with Crippen molar-refractivity contribution in [1.82, 2.24) is 9.78 Å². The van der Waals surface area contributed by atoms with Crippen LogP contribution >= 0.6 is 0 Å². The molecule has 3 nitrogen and oxygen atoms in total. The van der Waals surface area contributed by atoms with Crippen molar-refractivity contribution in [2.45, 2.75) is 32.4 Å². The Morgan fingerprint density at radius 2 is 1.88 bits per heavy atom. The summed E-state index contributed by atoms with van der Waals surface area (Å²) in [5, 5.41) is 4.32. The number of rotatable bonds is 4. The summed E-state index contributed by atoms with van der Waals surface area (Å²) in [5.74, 6) is 0. The zero-order valence-electron chi connectivity index (χ0n) is 10.4. The predicted molar refractivity (Wildman–Crippen MR) is 69.7 cm³/mol. The number of nitrogens with two attached hydrogens (primary N) is 1. The Balaban J connectivity index is 2.13. The molecule has 2 aromatic rings. The average Bonchev–Trinajstić information content (AvgIpc) is 2.78. The van der Waals surface area contributed by atoms with Crippen LogP contribution in [0.5, 0.6) is 0 Å². The monoisotopic (exact) mass is 229 g/mol. The molecule has 0 radical (unpaired) electrons. The molecule has 0 amide bonds. The van der Waals surface area contributed by atoms with E-state index in [-0.39, 0.29) is 6.04 Å². The third-order valence-corrected chi connectivity index (χ3v) is 2.90. The fourth-order valence-corrected chi connectivity index (χ4v) is 2.01. The predicted octanol–water partition coefficient (Wildman–Crippen LogP) is 2.71. The SMILES string of the molecule is CC(C)n1nccc1CC(N)c1ccccc1. The van der Waals surface area contributed by atoms with E-state index in [0.717, 1.165) is 6.42 Å². The fourth-order valence-electron chi connectivity index (χ4n) is 2.01. The highest BCUT2D eigenvalue weighted by Crippen LogP contribution is 2.17. The first-order chi connectivity index (χ1) is 8.18. The summed E-state index contributed by atoms with van der Waals surface area (Å²) in [5.41, 5.74) is 8.58. The van der Waals surface area contributed by atoms with Gasteiger partial charge >= 0.3 is 0 Å². The minimum Gasteiger partial charge on any atom is -0.324 e. The van der Waals surface area contributed by atoms with E-state index in [1.807, 2.05) is 35.1 Å². The van der Waals surface area contributed by atoms with Gasteiger partial charge in [-0.2, -0.15) is 5.10 Å². The molecule has 0 aliphatic heterocycles. The number of hydrogen-bond donors (Lipinski definition) is 1. The molecule has 1 heterocycles. The Bertz CT molecular complexity index is 459. The summed E-state index contributed by atoms with van der Waals surface area (Å²) in [7, 11) is 0. The van der Waals surface area contributed by atoms with E-state index in [0.29, 0.717) is 6.04 Å². The molecular weight excluding hydrogens is 210 g/mol. The summed E-state index contributed by atoms with van der Waals surface area (Å²) in [6.45, 7) is 4.26. The van der Waals surface area contributed by atoms with Crippen molar-refractivity contribution in [3.63, 3.8) is 0 Å². The van der Waals surface area contributed by atoms with Crippen LogP contribution in [0.1, 0.15) is 37.2 Å². The molecule has 1 aromatic heterocycles. The highest BCUT2D eigenvalue weighted by Gasteiger charge is 2.11. The van der Waals surface area contributed by atoms with Gasteiger partial charge in [-0.3, -0.25) is 4.68 Å². The lowest BCUT2D eigenvalue weighted by Gasteiger charge is -2.15. The van der Waals surface area contributed by atoms with Crippen molar-refractivity contribution in [3.8, 4) is 0 Å². The van der Waals surface area contributed by atoms with Crippen molar-refractivity contribution in [2.24, 2.45) is 5.73 Å². The minimum absolute atomic E-state index is 0.0328. The molecule has 0 saturated heterocycles. The topological polar surface area (TPSA) is 43.8 Å². The molecular formula is C14H19N3. The molecule has 0 aliphatic carbocycles. The summed E-state index contributed by atoms with van der Waals surface area (Å²) in [4.78, 5) is 0. The van der Waals surface area contributed by atoms with Crippen LogP contribution in [0.2, 0.25) is 0 Å². The first kappa shape index (κ1) is 11.9. The standard InChI is InChI=1S/C14H19N3/c1-11(2)17-13(8-9-16-17)10-14(15)12-6-4-3-5-7-12/h3-9,11,14H,10,15H2,1-2H3. The molecule has 17 heavy (non-hydrogen) atoms. The Morgan fingerprint density at radius 3 is 2.53 bits per heavy atom. The van der Waals surface area contributed by atoms with Crippen molar-refractivity contribution in [1.29, 1.82) is 0 Å². The normalized spacial score (nSPS) is 12.9. The highest BCUT2D eigenvalue weighted by atomic mass is 15.3. The maximum absolute atomic E-state index is 6.21. The van der Waals surface area contributed by atoms with E-state index < -0.39 is 0 Å². The van der Waals surface area contributed by atoms with E-state index in [9.17, 15) is 0 Å². The second-order valence-corrected chi connectivity index (χ2v) is 4.58. The Hall–Kier alpha value is -1.61. The van der Waals surface area contributed by atoms with Gasteiger partial charge in [0, 0.05) is 30.4 Å². The van der Waals surface area contributed by atoms with Gasteiger partial charge in [-0.1, -0.05) is 30.3 Å². The van der Waals surface area contributed by atoms with Crippen LogP contribution in [0.15, 0.2) is 42.6 Å². The summed E-state index contributed by atoms with van der Waals surface area (Å²) >= 11 is 0. The molecule has 0 saturated carbocycles. The Morgan fingerprint density at radius 1 is 1.18 bits per heavy atom. The molecule has 0 fully saturated rings. The minimum atomic E-state index is 0.0328. The quantitative estimate of drug-likeness (QED) is 0.876. The van der Waals surface area contributed by atoms with Crippen LogP contribution in [0.25, 0.3) is 0 Å². The molecule has 3 heteroatoms. The van der Waals surface area contributed by atoms with E-state index >= 15 is 0 Å².